The lowest BCUT2D eigenvalue weighted by Gasteiger charge is -2.27. The molecule has 0 bridgehead atoms. The highest BCUT2D eigenvalue weighted by Crippen LogP contribution is 2.28. The minimum Gasteiger partial charge on any atom is -0.383 e. The first-order valence-corrected chi connectivity index (χ1v) is 7.54. The van der Waals surface area contributed by atoms with Crippen LogP contribution in [0.2, 0.25) is 0 Å². The monoisotopic (exact) mass is 283 g/mol. The van der Waals surface area contributed by atoms with Gasteiger partial charge in [-0.1, -0.05) is 33.8 Å². The van der Waals surface area contributed by atoms with Crippen LogP contribution >= 0.6 is 11.3 Å². The van der Waals surface area contributed by atoms with Crippen molar-refractivity contribution in [2.75, 3.05) is 6.54 Å². The van der Waals surface area contributed by atoms with Gasteiger partial charge in [0.05, 0.1) is 6.54 Å². The smallest absolute Gasteiger partial charge is 0.220 e. The van der Waals surface area contributed by atoms with E-state index in [4.69, 9.17) is 0 Å². The van der Waals surface area contributed by atoms with Crippen LogP contribution < -0.4 is 5.32 Å². The molecule has 0 radical (unpaired) electrons. The number of carbonyl (C=O) groups is 1. The molecule has 19 heavy (non-hydrogen) atoms. The molecular formula is C15H25NO2S. The molecule has 0 aliphatic carbocycles. The van der Waals surface area contributed by atoms with Gasteiger partial charge in [-0.3, -0.25) is 4.79 Å². The van der Waals surface area contributed by atoms with Crippen molar-refractivity contribution in [3.63, 3.8) is 0 Å². The maximum Gasteiger partial charge on any atom is 0.220 e. The lowest BCUT2D eigenvalue weighted by atomic mass is 9.80. The van der Waals surface area contributed by atoms with E-state index in [1.807, 2.05) is 17.5 Å². The molecule has 1 amide bonds. The molecule has 0 aliphatic heterocycles. The van der Waals surface area contributed by atoms with E-state index < -0.39 is 5.60 Å². The van der Waals surface area contributed by atoms with Gasteiger partial charge < -0.3 is 10.4 Å². The molecule has 0 aromatic carbocycles. The third-order valence-electron chi connectivity index (χ3n) is 3.65. The van der Waals surface area contributed by atoms with Crippen LogP contribution in [0, 0.1) is 11.3 Å². The maximum atomic E-state index is 11.9. The normalized spacial score (nSPS) is 16.7. The van der Waals surface area contributed by atoms with Crippen LogP contribution in [0.15, 0.2) is 17.5 Å². The van der Waals surface area contributed by atoms with Crippen molar-refractivity contribution in [2.24, 2.45) is 11.3 Å². The second kappa shape index (κ2) is 6.06. The van der Waals surface area contributed by atoms with Crippen molar-refractivity contribution in [3.8, 4) is 0 Å². The van der Waals surface area contributed by atoms with Crippen molar-refractivity contribution in [1.29, 1.82) is 0 Å². The Hall–Kier alpha value is -0.870. The average molecular weight is 283 g/mol. The SMILES string of the molecule is CC(CC(=O)NCC(C)(O)c1cccs1)C(C)(C)C. The molecule has 4 heteroatoms. The predicted octanol–water partition coefficient (Wildman–Crippen LogP) is 3.14. The number of hydrogen-bond acceptors (Lipinski definition) is 3. The highest BCUT2D eigenvalue weighted by molar-refractivity contribution is 7.10. The molecule has 108 valence electrons. The summed E-state index contributed by atoms with van der Waals surface area (Å²) in [7, 11) is 0. The molecule has 2 atom stereocenters. The lowest BCUT2D eigenvalue weighted by Crippen LogP contribution is -2.39. The summed E-state index contributed by atoms with van der Waals surface area (Å²) in [5.74, 6) is 0.304. The zero-order chi connectivity index (χ0) is 14.7. The van der Waals surface area contributed by atoms with Gasteiger partial charge in [0.2, 0.25) is 5.91 Å². The zero-order valence-corrected chi connectivity index (χ0v) is 13.3. The van der Waals surface area contributed by atoms with Gasteiger partial charge >= 0.3 is 0 Å². The topological polar surface area (TPSA) is 49.3 Å². The van der Waals surface area contributed by atoms with Crippen LogP contribution in [0.5, 0.6) is 0 Å². The Labute approximate surface area is 120 Å². The first kappa shape index (κ1) is 16.2. The van der Waals surface area contributed by atoms with Crippen LogP contribution in [-0.2, 0) is 10.4 Å². The van der Waals surface area contributed by atoms with Gasteiger partial charge in [0.1, 0.15) is 5.60 Å². The van der Waals surface area contributed by atoms with E-state index in [0.29, 0.717) is 12.3 Å². The summed E-state index contributed by atoms with van der Waals surface area (Å²) in [6.45, 7) is 10.5. The Kier molecular flexibility index (Phi) is 5.16. The standard InChI is InChI=1S/C15H25NO2S/c1-11(14(2,3)4)9-13(17)16-10-15(5,18)12-7-6-8-19-12/h6-8,11,18H,9-10H2,1-5H3,(H,16,17). The Morgan fingerprint density at radius 3 is 2.53 bits per heavy atom. The fourth-order valence-corrected chi connectivity index (χ4v) is 2.39. The molecule has 1 heterocycles. The first-order valence-electron chi connectivity index (χ1n) is 6.66. The number of amides is 1. The summed E-state index contributed by atoms with van der Waals surface area (Å²) in [6.07, 6.45) is 0.490. The maximum absolute atomic E-state index is 11.9. The number of thiophene rings is 1. The van der Waals surface area contributed by atoms with Crippen molar-refractivity contribution in [1.82, 2.24) is 5.32 Å². The summed E-state index contributed by atoms with van der Waals surface area (Å²) >= 11 is 1.50. The van der Waals surface area contributed by atoms with Gasteiger partial charge in [-0.05, 0) is 29.7 Å². The molecule has 0 aliphatic rings. The molecule has 3 nitrogen and oxygen atoms in total. The highest BCUT2D eigenvalue weighted by atomic mass is 32.1. The molecular weight excluding hydrogens is 258 g/mol. The molecule has 0 fully saturated rings. The van der Waals surface area contributed by atoms with Crippen LogP contribution in [0.4, 0.5) is 0 Å². The van der Waals surface area contributed by atoms with E-state index in [2.05, 4.69) is 33.0 Å². The molecule has 2 unspecified atom stereocenters. The van der Waals surface area contributed by atoms with Gasteiger partial charge in [0, 0.05) is 11.3 Å². The van der Waals surface area contributed by atoms with E-state index in [0.717, 1.165) is 4.88 Å². The lowest BCUT2D eigenvalue weighted by molar-refractivity contribution is -0.123. The van der Waals surface area contributed by atoms with Crippen LogP contribution in [0.1, 0.15) is 45.9 Å². The first-order chi connectivity index (χ1) is 8.63. The van der Waals surface area contributed by atoms with Crippen LogP contribution in [0.25, 0.3) is 0 Å². The number of rotatable bonds is 5. The summed E-state index contributed by atoms with van der Waals surface area (Å²) in [5, 5.41) is 15.1. The molecule has 0 spiro atoms. The van der Waals surface area contributed by atoms with Crippen LogP contribution in [0.3, 0.4) is 0 Å². The van der Waals surface area contributed by atoms with E-state index in [1.54, 1.807) is 6.92 Å². The van der Waals surface area contributed by atoms with E-state index in [9.17, 15) is 9.90 Å². The van der Waals surface area contributed by atoms with Crippen molar-refractivity contribution in [2.45, 2.75) is 46.6 Å². The summed E-state index contributed by atoms with van der Waals surface area (Å²) in [4.78, 5) is 12.8. The average Bonchev–Trinajstić information content (AvgIpc) is 2.79. The van der Waals surface area contributed by atoms with Crippen molar-refractivity contribution < 1.29 is 9.90 Å². The minimum absolute atomic E-state index is 0.000689. The zero-order valence-electron chi connectivity index (χ0n) is 12.5. The third kappa shape index (κ3) is 4.96. The molecule has 1 rings (SSSR count). The molecule has 1 aromatic heterocycles. The fourth-order valence-electron chi connectivity index (χ4n) is 1.60. The van der Waals surface area contributed by atoms with Gasteiger partial charge in [0.25, 0.3) is 0 Å². The molecule has 0 saturated heterocycles. The van der Waals surface area contributed by atoms with Gasteiger partial charge in [0.15, 0.2) is 0 Å². The Morgan fingerprint density at radius 2 is 2.05 bits per heavy atom. The molecule has 0 saturated carbocycles. The number of hydrogen-bond donors (Lipinski definition) is 2. The minimum atomic E-state index is -0.991. The van der Waals surface area contributed by atoms with Gasteiger partial charge in [-0.15, -0.1) is 11.3 Å². The molecule has 2 N–H and O–H groups in total. The van der Waals surface area contributed by atoms with Crippen molar-refractivity contribution in [3.05, 3.63) is 22.4 Å². The highest BCUT2D eigenvalue weighted by Gasteiger charge is 2.26. The number of nitrogens with one attached hydrogen (secondary N) is 1. The Balaban J connectivity index is 2.47. The summed E-state index contributed by atoms with van der Waals surface area (Å²) in [6, 6.07) is 3.78. The Bertz CT molecular complexity index is 404. The summed E-state index contributed by atoms with van der Waals surface area (Å²) in [5.41, 5.74) is -0.873. The Morgan fingerprint density at radius 1 is 1.42 bits per heavy atom. The van der Waals surface area contributed by atoms with E-state index in [1.165, 1.54) is 11.3 Å². The predicted molar refractivity (Wildman–Crippen MR) is 80.1 cm³/mol. The van der Waals surface area contributed by atoms with Crippen LogP contribution in [-0.4, -0.2) is 17.6 Å². The second-order valence-corrected chi connectivity index (χ2v) is 7.45. The van der Waals surface area contributed by atoms with E-state index in [-0.39, 0.29) is 17.9 Å². The van der Waals surface area contributed by atoms with Crippen molar-refractivity contribution >= 4 is 17.2 Å². The third-order valence-corrected chi connectivity index (χ3v) is 4.77. The summed E-state index contributed by atoms with van der Waals surface area (Å²) < 4.78 is 0. The molecule has 1 aromatic rings. The van der Waals surface area contributed by atoms with E-state index >= 15 is 0 Å². The second-order valence-electron chi connectivity index (χ2n) is 6.50. The quantitative estimate of drug-likeness (QED) is 0.872. The van der Waals surface area contributed by atoms with Gasteiger partial charge in [-0.25, -0.2) is 0 Å². The number of carbonyl (C=O) groups excluding carboxylic acids is 1. The fraction of sp³-hybridized carbons (Fsp3) is 0.667. The largest absolute Gasteiger partial charge is 0.383 e. The number of aliphatic hydroxyl groups is 1. The van der Waals surface area contributed by atoms with Gasteiger partial charge in [-0.2, -0.15) is 0 Å².